The van der Waals surface area contributed by atoms with Crippen molar-refractivity contribution in [1.29, 1.82) is 0 Å². The quantitative estimate of drug-likeness (QED) is 0.743. The zero-order valence-electron chi connectivity index (χ0n) is 9.91. The van der Waals surface area contributed by atoms with Crippen LogP contribution in [-0.2, 0) is 15.6 Å². The SMILES string of the molecule is CC(N)CS(=O)CC(=O)NC1CCCCC1. The van der Waals surface area contributed by atoms with Gasteiger partial charge < -0.3 is 11.1 Å². The monoisotopic (exact) mass is 246 g/mol. The molecule has 0 aliphatic heterocycles. The summed E-state index contributed by atoms with van der Waals surface area (Å²) in [6, 6.07) is 0.192. The van der Waals surface area contributed by atoms with Crippen molar-refractivity contribution in [3.05, 3.63) is 0 Å². The summed E-state index contributed by atoms with van der Waals surface area (Å²) in [6.07, 6.45) is 5.77. The molecule has 1 rings (SSSR count). The zero-order chi connectivity index (χ0) is 12.0. The number of hydrogen-bond acceptors (Lipinski definition) is 3. The third kappa shape index (κ3) is 5.61. The second-order valence-electron chi connectivity index (χ2n) is 4.63. The summed E-state index contributed by atoms with van der Waals surface area (Å²) in [4.78, 5) is 11.6. The summed E-state index contributed by atoms with van der Waals surface area (Å²) in [5.74, 6) is 0.404. The van der Waals surface area contributed by atoms with E-state index in [-0.39, 0.29) is 17.7 Å². The molecule has 5 heteroatoms. The molecule has 0 saturated heterocycles. The predicted octanol–water partition coefficient (Wildman–Crippen LogP) is 0.531. The van der Waals surface area contributed by atoms with Gasteiger partial charge in [-0.25, -0.2) is 0 Å². The molecule has 16 heavy (non-hydrogen) atoms. The van der Waals surface area contributed by atoms with Gasteiger partial charge in [0.05, 0.1) is 0 Å². The Bertz CT molecular complexity index is 250. The summed E-state index contributed by atoms with van der Waals surface area (Å²) in [5.41, 5.74) is 5.53. The predicted molar refractivity (Wildman–Crippen MR) is 66.5 cm³/mol. The molecule has 1 amide bonds. The Hall–Kier alpha value is -0.420. The fraction of sp³-hybridized carbons (Fsp3) is 0.909. The molecule has 2 atom stereocenters. The Balaban J connectivity index is 2.21. The maximum Gasteiger partial charge on any atom is 0.232 e. The highest BCUT2D eigenvalue weighted by Crippen LogP contribution is 2.17. The van der Waals surface area contributed by atoms with Crippen LogP contribution < -0.4 is 11.1 Å². The van der Waals surface area contributed by atoms with Crippen molar-refractivity contribution in [1.82, 2.24) is 5.32 Å². The van der Waals surface area contributed by atoms with Crippen LogP contribution >= 0.6 is 0 Å². The van der Waals surface area contributed by atoms with E-state index >= 15 is 0 Å². The highest BCUT2D eigenvalue weighted by molar-refractivity contribution is 7.85. The molecule has 3 N–H and O–H groups in total. The van der Waals surface area contributed by atoms with Gasteiger partial charge >= 0.3 is 0 Å². The third-order valence-corrected chi connectivity index (χ3v) is 4.19. The lowest BCUT2D eigenvalue weighted by atomic mass is 9.95. The van der Waals surface area contributed by atoms with Crippen LogP contribution in [0.15, 0.2) is 0 Å². The van der Waals surface area contributed by atoms with E-state index in [1.807, 2.05) is 0 Å². The second kappa shape index (κ2) is 7.01. The first-order valence-electron chi connectivity index (χ1n) is 5.98. The lowest BCUT2D eigenvalue weighted by molar-refractivity contribution is -0.119. The molecule has 0 radical (unpaired) electrons. The lowest BCUT2D eigenvalue weighted by Gasteiger charge is -2.22. The average Bonchev–Trinajstić information content (AvgIpc) is 2.17. The molecule has 0 aromatic heterocycles. The van der Waals surface area contributed by atoms with Gasteiger partial charge in [0.15, 0.2) is 0 Å². The smallest absolute Gasteiger partial charge is 0.232 e. The van der Waals surface area contributed by atoms with Gasteiger partial charge in [-0.15, -0.1) is 0 Å². The van der Waals surface area contributed by atoms with Crippen LogP contribution in [0, 0.1) is 0 Å². The Kier molecular flexibility index (Phi) is 5.98. The summed E-state index contributed by atoms with van der Waals surface area (Å²) in [6.45, 7) is 1.80. The fourth-order valence-electron chi connectivity index (χ4n) is 2.01. The van der Waals surface area contributed by atoms with Crippen LogP contribution in [0.2, 0.25) is 0 Å². The van der Waals surface area contributed by atoms with Gasteiger partial charge in [0.25, 0.3) is 0 Å². The summed E-state index contributed by atoms with van der Waals surface area (Å²) in [7, 11) is -1.12. The molecule has 0 aromatic carbocycles. The largest absolute Gasteiger partial charge is 0.353 e. The van der Waals surface area contributed by atoms with E-state index < -0.39 is 10.8 Å². The minimum absolute atomic E-state index is 0.0918. The molecule has 0 spiro atoms. The summed E-state index contributed by atoms with van der Waals surface area (Å²) >= 11 is 0. The Morgan fingerprint density at radius 3 is 2.62 bits per heavy atom. The molecule has 1 aliphatic rings. The third-order valence-electron chi connectivity index (χ3n) is 2.71. The molecule has 0 aromatic rings. The van der Waals surface area contributed by atoms with Gasteiger partial charge in [-0.3, -0.25) is 9.00 Å². The lowest BCUT2D eigenvalue weighted by Crippen LogP contribution is -2.39. The highest BCUT2D eigenvalue weighted by Gasteiger charge is 2.17. The summed E-state index contributed by atoms with van der Waals surface area (Å²) < 4.78 is 11.5. The molecule has 1 saturated carbocycles. The highest BCUT2D eigenvalue weighted by atomic mass is 32.2. The van der Waals surface area contributed by atoms with Crippen molar-refractivity contribution in [2.45, 2.75) is 51.1 Å². The van der Waals surface area contributed by atoms with Crippen molar-refractivity contribution in [2.75, 3.05) is 11.5 Å². The molecule has 0 heterocycles. The van der Waals surface area contributed by atoms with Gasteiger partial charge in [0.1, 0.15) is 5.75 Å². The molecule has 94 valence electrons. The summed E-state index contributed by atoms with van der Waals surface area (Å²) in [5, 5.41) is 2.95. The minimum Gasteiger partial charge on any atom is -0.353 e. The molecular formula is C11H22N2O2S. The van der Waals surface area contributed by atoms with E-state index in [4.69, 9.17) is 5.73 Å². The zero-order valence-corrected chi connectivity index (χ0v) is 10.7. The van der Waals surface area contributed by atoms with Gasteiger partial charge in [0.2, 0.25) is 5.91 Å². The van der Waals surface area contributed by atoms with Crippen molar-refractivity contribution in [3.8, 4) is 0 Å². The number of amides is 1. The van der Waals surface area contributed by atoms with E-state index in [0.717, 1.165) is 12.8 Å². The standard InChI is InChI=1S/C11H22N2O2S/c1-9(12)7-16(15)8-11(14)13-10-5-3-2-4-6-10/h9-10H,2-8,12H2,1H3,(H,13,14). The maximum absolute atomic E-state index is 11.6. The number of hydrogen-bond donors (Lipinski definition) is 2. The van der Waals surface area contributed by atoms with E-state index in [1.54, 1.807) is 6.92 Å². The number of nitrogens with one attached hydrogen (secondary N) is 1. The topological polar surface area (TPSA) is 72.2 Å². The Morgan fingerprint density at radius 2 is 2.06 bits per heavy atom. The molecular weight excluding hydrogens is 224 g/mol. The van der Waals surface area contributed by atoms with Crippen molar-refractivity contribution in [3.63, 3.8) is 0 Å². The van der Waals surface area contributed by atoms with Gasteiger partial charge in [0, 0.05) is 28.6 Å². The van der Waals surface area contributed by atoms with E-state index in [9.17, 15) is 9.00 Å². The number of carbonyl (C=O) groups excluding carboxylic acids is 1. The number of nitrogens with two attached hydrogens (primary N) is 1. The van der Waals surface area contributed by atoms with Gasteiger partial charge in [-0.1, -0.05) is 19.3 Å². The van der Waals surface area contributed by atoms with Crippen molar-refractivity contribution < 1.29 is 9.00 Å². The van der Waals surface area contributed by atoms with Crippen LogP contribution in [0.3, 0.4) is 0 Å². The molecule has 1 fully saturated rings. The normalized spacial score (nSPS) is 21.4. The Morgan fingerprint density at radius 1 is 1.44 bits per heavy atom. The fourth-order valence-corrected chi connectivity index (χ4v) is 3.09. The molecule has 0 bridgehead atoms. The average molecular weight is 246 g/mol. The van der Waals surface area contributed by atoms with Crippen LogP contribution in [0.4, 0.5) is 0 Å². The minimum atomic E-state index is -1.12. The van der Waals surface area contributed by atoms with Crippen molar-refractivity contribution >= 4 is 16.7 Å². The van der Waals surface area contributed by atoms with E-state index in [1.165, 1.54) is 19.3 Å². The van der Waals surface area contributed by atoms with Crippen LogP contribution in [0.1, 0.15) is 39.0 Å². The van der Waals surface area contributed by atoms with Crippen molar-refractivity contribution in [2.24, 2.45) is 5.73 Å². The number of carbonyl (C=O) groups is 1. The molecule has 4 nitrogen and oxygen atoms in total. The number of rotatable bonds is 5. The second-order valence-corrected chi connectivity index (χ2v) is 6.13. The van der Waals surface area contributed by atoms with Crippen LogP contribution in [0.25, 0.3) is 0 Å². The van der Waals surface area contributed by atoms with E-state index in [2.05, 4.69) is 5.32 Å². The van der Waals surface area contributed by atoms with Crippen LogP contribution in [-0.4, -0.2) is 33.7 Å². The first-order valence-corrected chi connectivity index (χ1v) is 7.46. The van der Waals surface area contributed by atoms with Crippen LogP contribution in [0.5, 0.6) is 0 Å². The van der Waals surface area contributed by atoms with Gasteiger partial charge in [-0.05, 0) is 19.8 Å². The first kappa shape index (κ1) is 13.6. The van der Waals surface area contributed by atoms with E-state index in [0.29, 0.717) is 11.8 Å². The molecule has 2 unspecified atom stereocenters. The molecule has 1 aliphatic carbocycles. The maximum atomic E-state index is 11.6. The van der Waals surface area contributed by atoms with Gasteiger partial charge in [-0.2, -0.15) is 0 Å². The first-order chi connectivity index (χ1) is 7.58. The Labute approximate surface area is 99.8 Å².